The van der Waals surface area contributed by atoms with Crippen LogP contribution in [0.2, 0.25) is 0 Å². The lowest BCUT2D eigenvalue weighted by Gasteiger charge is -2.25. The molecule has 0 spiro atoms. The number of para-hydroxylation sites is 7. The maximum Gasteiger partial charge on any atom is 0.236 e. The van der Waals surface area contributed by atoms with E-state index in [0.29, 0.717) is 34.2 Å². The van der Waals surface area contributed by atoms with Gasteiger partial charge in [-0.05, 0) is 195 Å². The molecule has 0 unspecified atom stereocenters. The standard InChI is InChI=1S/C48H28N4O2.C48H28N4OS.C34H27N3/c1-3-11-29(12-4-1)43-47-44(37-22-21-36-35-16-8-10-18-42(35)53-45(36)46(37)54-47)50-48(49-43)52-40-17-9-7-15-34(40)38-28-31(20-24-41(38)52)30-19-23-39-32(27-30)25-26-51(39)33-13-5-2-6-14-33;1-3-11-29(12-4-1)43-46-44(37-22-21-36-35-16-8-10-18-42(35)54-47(36)45(37)53-46)50-48(49-43)52-40-17-9-7-15-34(40)38-28-31(20-24-41(38)52)30-19-23-39-32(27-30)25-26-51(39)33-13-5-2-6-14-33;1-33(2)25-14-8-5-13-23(25)29-26(33)18-17-22-24-19-35-32(36-31(24)34(3,4)30(22)29)37-27-15-9-6-11-20(27)21-12-7-10-16-28(21)37/h2*1-28H;5-19H,1-4H3. The van der Waals surface area contributed by atoms with Gasteiger partial charge in [0.15, 0.2) is 27.9 Å². The van der Waals surface area contributed by atoms with Crippen molar-refractivity contribution in [3.63, 3.8) is 0 Å². The van der Waals surface area contributed by atoms with E-state index in [2.05, 4.69) is 415 Å². The zero-order valence-corrected chi connectivity index (χ0v) is 79.9. The lowest BCUT2D eigenvalue weighted by atomic mass is 9.78. The molecule has 0 fully saturated rings. The van der Waals surface area contributed by atoms with Crippen LogP contribution >= 0.6 is 11.3 Å². The van der Waals surface area contributed by atoms with Gasteiger partial charge in [0, 0.05) is 132 Å². The van der Waals surface area contributed by atoms with Crippen molar-refractivity contribution in [3.05, 3.63) is 453 Å². The molecule has 18 aromatic carbocycles. The van der Waals surface area contributed by atoms with Gasteiger partial charge < -0.3 is 22.4 Å². The summed E-state index contributed by atoms with van der Waals surface area (Å²) < 4.78 is 33.4. The molecule has 2 aliphatic carbocycles. The zero-order chi connectivity index (χ0) is 95.8. The molecule has 0 saturated carbocycles. The van der Waals surface area contributed by atoms with E-state index in [-0.39, 0.29) is 10.8 Å². The molecule has 32 rings (SSSR count). The van der Waals surface area contributed by atoms with Gasteiger partial charge in [0.05, 0.1) is 59.9 Å². The number of nitrogens with zero attached hydrogens (tertiary/aromatic N) is 11. The first-order chi connectivity index (χ1) is 71.4. The number of hydrogen-bond donors (Lipinski definition) is 0. The summed E-state index contributed by atoms with van der Waals surface area (Å²) in [5.74, 6) is 1.92. The first-order valence-electron chi connectivity index (χ1n) is 49.2. The van der Waals surface area contributed by atoms with E-state index in [0.717, 1.165) is 171 Å². The highest BCUT2D eigenvalue weighted by Crippen LogP contribution is 2.59. The summed E-state index contributed by atoms with van der Waals surface area (Å²) in [4.78, 5) is 31.6. The highest BCUT2D eigenvalue weighted by Gasteiger charge is 2.46. The number of thiophene rings is 1. The van der Waals surface area contributed by atoms with Crippen molar-refractivity contribution in [3.8, 4) is 96.2 Å². The number of rotatable bonds is 9. The van der Waals surface area contributed by atoms with E-state index in [9.17, 15) is 0 Å². The van der Waals surface area contributed by atoms with Gasteiger partial charge in [0.2, 0.25) is 17.8 Å². The van der Waals surface area contributed by atoms with Crippen molar-refractivity contribution in [1.82, 2.24) is 52.7 Å². The normalized spacial score (nSPS) is 13.1. The van der Waals surface area contributed by atoms with E-state index in [4.69, 9.17) is 43.2 Å². The van der Waals surface area contributed by atoms with Crippen LogP contribution in [0.4, 0.5) is 0 Å². The van der Waals surface area contributed by atoms with Crippen molar-refractivity contribution in [1.29, 1.82) is 0 Å². The molecule has 0 N–H and O–H groups in total. The van der Waals surface area contributed by atoms with Crippen LogP contribution in [-0.2, 0) is 10.8 Å². The lowest BCUT2D eigenvalue weighted by Crippen LogP contribution is -2.20. The average Bonchev–Trinajstić information content (AvgIpc) is 1.53. The van der Waals surface area contributed by atoms with Crippen molar-refractivity contribution < 1.29 is 13.3 Å². The largest absolute Gasteiger partial charge is 0.452 e. The van der Waals surface area contributed by atoms with Gasteiger partial charge in [0.25, 0.3) is 0 Å². The van der Waals surface area contributed by atoms with E-state index in [1.807, 2.05) is 66.9 Å². The van der Waals surface area contributed by atoms with Gasteiger partial charge in [0.1, 0.15) is 28.0 Å². The van der Waals surface area contributed by atoms with Crippen LogP contribution in [0.5, 0.6) is 0 Å². The zero-order valence-electron chi connectivity index (χ0n) is 79.0. The molecule has 0 aliphatic heterocycles. The topological polar surface area (TPSA) is 141 Å². The van der Waals surface area contributed by atoms with Crippen molar-refractivity contribution in [2.45, 2.75) is 38.5 Å². The predicted octanol–water partition coefficient (Wildman–Crippen LogP) is 34.0. The van der Waals surface area contributed by atoms with Gasteiger partial charge in [-0.2, -0.15) is 0 Å². The van der Waals surface area contributed by atoms with E-state index < -0.39 is 0 Å². The van der Waals surface area contributed by atoms with Gasteiger partial charge >= 0.3 is 0 Å². The van der Waals surface area contributed by atoms with E-state index >= 15 is 0 Å². The molecule has 0 atom stereocenters. The SMILES string of the molecule is CC1(C)c2ccccc2-c2c1ccc1c2C(C)(C)c2nc(-n3c4ccccc4c4ccccc43)ncc2-1.c1ccc(-c2nc(-n3c4ccccc4c4cc(-c5ccc6c(ccn6-c6ccccc6)c5)ccc43)nc3c2oc2c3ccc3c4ccccc4oc32)cc1.c1ccc(-c2nc(-n3c4ccccc4c4cc(-c5ccc6c(ccn6-c6ccccc6)c5)ccc43)nc3c2oc2c3ccc3c4ccccc4sc32)cc1. The molecule has 0 radical (unpaired) electrons. The molecule has 145 heavy (non-hydrogen) atoms. The minimum atomic E-state index is -0.250. The Morgan fingerprint density at radius 2 is 0.690 bits per heavy atom. The summed E-state index contributed by atoms with van der Waals surface area (Å²) in [7, 11) is 0. The summed E-state index contributed by atoms with van der Waals surface area (Å²) in [5, 5.41) is 15.8. The van der Waals surface area contributed by atoms with Crippen LogP contribution in [0.3, 0.4) is 0 Å². The Morgan fingerprint density at radius 3 is 1.25 bits per heavy atom. The Labute approximate surface area is 833 Å². The lowest BCUT2D eigenvalue weighted by molar-refractivity contribution is 0.628. The van der Waals surface area contributed by atoms with Crippen LogP contribution in [0, 0.1) is 0 Å². The molecular weight excluding hydrogens is 1800 g/mol. The Hall–Kier alpha value is -18.7. The molecule has 0 amide bonds. The third-order valence-corrected chi connectivity index (χ3v) is 31.6. The second-order valence-corrected chi connectivity index (χ2v) is 40.2. The predicted molar refractivity (Wildman–Crippen MR) is 594 cm³/mol. The first-order valence-corrected chi connectivity index (χ1v) is 50.0. The minimum absolute atomic E-state index is 0.0222. The fourth-order valence-electron chi connectivity index (χ4n) is 23.6. The Bertz CT molecular complexity index is 10200. The third kappa shape index (κ3) is 12.4. The Kier molecular flexibility index (Phi) is 17.8. The summed E-state index contributed by atoms with van der Waals surface area (Å²) in [5.41, 5.74) is 35.3. The Balaban J connectivity index is 0.000000103. The van der Waals surface area contributed by atoms with Gasteiger partial charge in [-0.15, -0.1) is 11.3 Å². The van der Waals surface area contributed by atoms with Crippen molar-refractivity contribution >= 4 is 185 Å². The first kappa shape index (κ1) is 82.2. The van der Waals surface area contributed by atoms with E-state index in [1.165, 1.54) is 87.0 Å². The fourth-order valence-corrected chi connectivity index (χ4v) is 24.8. The maximum atomic E-state index is 6.82. The third-order valence-electron chi connectivity index (χ3n) is 30.4. The van der Waals surface area contributed by atoms with Crippen molar-refractivity contribution in [2.24, 2.45) is 0 Å². The van der Waals surface area contributed by atoms with Crippen LogP contribution in [0.1, 0.15) is 50.1 Å². The fraction of sp³-hybridized carbons (Fsp3) is 0.0462. The van der Waals surface area contributed by atoms with Gasteiger partial charge in [-0.25, -0.2) is 29.9 Å². The molecule has 682 valence electrons. The summed E-state index contributed by atoms with van der Waals surface area (Å²) in [6, 6.07) is 146. The molecule has 2 aliphatic rings. The monoisotopic (exact) mass is 1880 g/mol. The summed E-state index contributed by atoms with van der Waals surface area (Å²) in [6.07, 6.45) is 6.34. The molecule has 15 heteroatoms. The number of fused-ring (bicyclic) bond motifs is 32. The molecule has 12 heterocycles. The van der Waals surface area contributed by atoms with Gasteiger partial charge in [-0.3, -0.25) is 13.7 Å². The quantitative estimate of drug-likeness (QED) is 0.138. The van der Waals surface area contributed by atoms with Gasteiger partial charge in [-0.1, -0.05) is 301 Å². The highest BCUT2D eigenvalue weighted by atomic mass is 32.1. The Morgan fingerprint density at radius 1 is 0.262 bits per heavy atom. The second kappa shape index (κ2) is 31.4. The van der Waals surface area contributed by atoms with E-state index in [1.54, 1.807) is 11.3 Å². The minimum Gasteiger partial charge on any atom is -0.452 e. The summed E-state index contributed by atoms with van der Waals surface area (Å²) >= 11 is 1.77. The molecule has 30 aromatic rings. The maximum absolute atomic E-state index is 6.82. The number of aromatic nitrogens is 11. The molecular formula is C130H83N11O3S. The number of hydrogen-bond acceptors (Lipinski definition) is 10. The smallest absolute Gasteiger partial charge is 0.236 e. The summed E-state index contributed by atoms with van der Waals surface area (Å²) in [6.45, 7) is 9.35. The van der Waals surface area contributed by atoms with Crippen molar-refractivity contribution in [2.75, 3.05) is 0 Å². The molecule has 14 nitrogen and oxygen atoms in total. The number of furan rings is 3. The van der Waals surface area contributed by atoms with Crippen LogP contribution in [-0.4, -0.2) is 52.7 Å². The molecule has 0 saturated heterocycles. The van der Waals surface area contributed by atoms with Crippen LogP contribution in [0.25, 0.3) is 270 Å². The van der Waals surface area contributed by atoms with Crippen LogP contribution < -0.4 is 0 Å². The number of benzene rings is 18. The average molecular weight is 1880 g/mol. The molecule has 12 aromatic heterocycles. The molecule has 0 bridgehead atoms. The van der Waals surface area contributed by atoms with Crippen LogP contribution in [0.15, 0.2) is 444 Å². The highest BCUT2D eigenvalue weighted by molar-refractivity contribution is 7.26. The second-order valence-electron chi connectivity index (χ2n) is 39.1.